The third-order valence-electron chi connectivity index (χ3n) is 5.34. The van der Waals surface area contributed by atoms with Crippen LogP contribution in [0.3, 0.4) is 0 Å². The van der Waals surface area contributed by atoms with Crippen LogP contribution in [0.15, 0.2) is 48.5 Å². The molecule has 2 aromatic carbocycles. The van der Waals surface area contributed by atoms with Crippen molar-refractivity contribution in [2.45, 2.75) is 84.0 Å². The number of unbranched alkanes of at least 4 members (excludes halogenated alkanes) is 6. The molecule has 32 heavy (non-hydrogen) atoms. The molecule has 0 saturated heterocycles. The second-order valence-electron chi connectivity index (χ2n) is 8.61. The predicted molar refractivity (Wildman–Crippen MR) is 124 cm³/mol. The van der Waals surface area contributed by atoms with Gasteiger partial charge < -0.3 is 0 Å². The third-order valence-corrected chi connectivity index (χ3v) is 5.34. The van der Waals surface area contributed by atoms with Gasteiger partial charge in [0.15, 0.2) is 0 Å². The highest BCUT2D eigenvalue weighted by Crippen LogP contribution is 2.31. The van der Waals surface area contributed by atoms with E-state index in [2.05, 4.69) is 24.2 Å². The summed E-state index contributed by atoms with van der Waals surface area (Å²) in [5, 5.41) is 0. The summed E-state index contributed by atoms with van der Waals surface area (Å²) in [4.78, 5) is 5.62. The molecule has 2 nitrogen and oxygen atoms in total. The Morgan fingerprint density at radius 3 is 2.03 bits per heavy atom. The number of rotatable bonds is 11. The Labute approximate surface area is 190 Å². The summed E-state index contributed by atoms with van der Waals surface area (Å²) in [7, 11) is 0. The van der Waals surface area contributed by atoms with E-state index in [1.165, 1.54) is 44.2 Å². The van der Waals surface area contributed by atoms with Crippen molar-refractivity contribution in [2.75, 3.05) is 0 Å². The van der Waals surface area contributed by atoms with Crippen molar-refractivity contribution in [3.05, 3.63) is 70.8 Å². The zero-order valence-electron chi connectivity index (χ0n) is 19.3. The van der Waals surface area contributed by atoms with Crippen molar-refractivity contribution in [3.63, 3.8) is 0 Å². The third kappa shape index (κ3) is 9.06. The molecule has 1 N–H and O–H groups in total. The van der Waals surface area contributed by atoms with Crippen molar-refractivity contribution >= 4 is 0 Å². The van der Waals surface area contributed by atoms with Crippen molar-refractivity contribution in [1.82, 2.24) is 5.48 Å². The highest BCUT2D eigenvalue weighted by atomic mass is 19.4. The molecule has 0 amide bonds. The molecular formula is C27H34F3NO. The maximum atomic E-state index is 12.7. The van der Waals surface area contributed by atoms with E-state index in [9.17, 15) is 13.2 Å². The zero-order chi connectivity index (χ0) is 23.5. The van der Waals surface area contributed by atoms with Crippen LogP contribution in [-0.4, -0.2) is 0 Å². The minimum absolute atomic E-state index is 0.343. The van der Waals surface area contributed by atoms with Gasteiger partial charge in [0.2, 0.25) is 0 Å². The van der Waals surface area contributed by atoms with E-state index >= 15 is 0 Å². The van der Waals surface area contributed by atoms with E-state index in [0.717, 1.165) is 36.1 Å². The van der Waals surface area contributed by atoms with Crippen LogP contribution in [0, 0.1) is 11.8 Å². The van der Waals surface area contributed by atoms with Gasteiger partial charge in [-0.25, -0.2) is 0 Å². The number of hydroxylamine groups is 1. The van der Waals surface area contributed by atoms with E-state index in [4.69, 9.17) is 4.84 Å². The smallest absolute Gasteiger partial charge is 0.296 e. The molecule has 0 spiro atoms. The molecule has 2 aromatic rings. The quantitative estimate of drug-likeness (QED) is 0.217. The fraction of sp³-hybridized carbons (Fsp3) is 0.481. The highest BCUT2D eigenvalue weighted by Gasteiger charge is 2.31. The number of hydrogen-bond donors (Lipinski definition) is 1. The van der Waals surface area contributed by atoms with Crippen molar-refractivity contribution in [2.24, 2.45) is 0 Å². The fourth-order valence-corrected chi connectivity index (χ4v) is 3.28. The molecule has 0 saturated carbocycles. The number of alkyl halides is 3. The Morgan fingerprint density at radius 2 is 1.41 bits per heavy atom. The van der Waals surface area contributed by atoms with Crippen LogP contribution in [0.25, 0.3) is 0 Å². The van der Waals surface area contributed by atoms with Crippen LogP contribution in [0.5, 0.6) is 0 Å². The minimum Gasteiger partial charge on any atom is -0.296 e. The molecule has 0 atom stereocenters. The second kappa shape index (κ2) is 12.7. The van der Waals surface area contributed by atoms with Gasteiger partial charge >= 0.3 is 6.18 Å². The van der Waals surface area contributed by atoms with Gasteiger partial charge in [-0.2, -0.15) is 18.7 Å². The molecule has 5 heteroatoms. The predicted octanol–water partition coefficient (Wildman–Crippen LogP) is 7.76. The van der Waals surface area contributed by atoms with Gasteiger partial charge in [0.25, 0.3) is 0 Å². The average molecular weight is 446 g/mol. The van der Waals surface area contributed by atoms with Crippen molar-refractivity contribution in [3.8, 4) is 11.8 Å². The lowest BCUT2D eigenvalue weighted by Gasteiger charge is -2.26. The van der Waals surface area contributed by atoms with Gasteiger partial charge in [-0.15, -0.1) is 0 Å². The molecule has 0 aliphatic rings. The first kappa shape index (κ1) is 26.0. The monoisotopic (exact) mass is 445 g/mol. The van der Waals surface area contributed by atoms with Crippen molar-refractivity contribution < 1.29 is 18.0 Å². The van der Waals surface area contributed by atoms with Crippen LogP contribution in [0.4, 0.5) is 13.2 Å². The largest absolute Gasteiger partial charge is 0.416 e. The molecule has 0 unspecified atom stereocenters. The molecular weight excluding hydrogens is 411 g/mol. The lowest BCUT2D eigenvalue weighted by molar-refractivity contribution is -0.137. The van der Waals surface area contributed by atoms with Crippen LogP contribution in [0.1, 0.15) is 88.0 Å². The number of halogens is 3. The van der Waals surface area contributed by atoms with E-state index in [0.29, 0.717) is 12.2 Å². The molecule has 0 aliphatic carbocycles. The average Bonchev–Trinajstić information content (AvgIpc) is 2.76. The first-order chi connectivity index (χ1) is 15.2. The minimum atomic E-state index is -4.34. The first-order valence-corrected chi connectivity index (χ1v) is 11.4. The summed E-state index contributed by atoms with van der Waals surface area (Å²) >= 11 is 0. The summed E-state index contributed by atoms with van der Waals surface area (Å²) < 4.78 is 38.2. The zero-order valence-corrected chi connectivity index (χ0v) is 19.3. The van der Waals surface area contributed by atoms with Gasteiger partial charge in [-0.3, -0.25) is 4.84 Å². The van der Waals surface area contributed by atoms with E-state index in [1.807, 2.05) is 38.1 Å². The maximum absolute atomic E-state index is 12.7. The summed E-state index contributed by atoms with van der Waals surface area (Å²) in [5.74, 6) is 6.45. The summed E-state index contributed by atoms with van der Waals surface area (Å²) in [5.41, 5.74) is 4.34. The Balaban J connectivity index is 1.75. The van der Waals surface area contributed by atoms with E-state index in [-0.39, 0.29) is 0 Å². The molecule has 0 bridgehead atoms. The lowest BCUT2D eigenvalue weighted by Crippen LogP contribution is -2.36. The number of benzene rings is 2. The van der Waals surface area contributed by atoms with Crippen LogP contribution in [-0.2, 0) is 23.2 Å². The lowest BCUT2D eigenvalue weighted by atomic mass is 9.94. The molecule has 0 fully saturated rings. The van der Waals surface area contributed by atoms with Crippen LogP contribution in [0.2, 0.25) is 0 Å². The SMILES string of the molecule is CCCCCCCCC#Cc1ccc(CONC(C)(C)c2ccc(C(F)(F)F)cc2)cc1. The summed E-state index contributed by atoms with van der Waals surface area (Å²) in [6, 6.07) is 13.0. The molecule has 0 radical (unpaired) electrons. The maximum Gasteiger partial charge on any atom is 0.416 e. The Morgan fingerprint density at radius 1 is 0.812 bits per heavy atom. The van der Waals surface area contributed by atoms with Crippen molar-refractivity contribution in [1.29, 1.82) is 0 Å². The summed E-state index contributed by atoms with van der Waals surface area (Å²) in [6.45, 7) is 6.29. The summed E-state index contributed by atoms with van der Waals surface area (Å²) in [6.07, 6.45) is 4.22. The molecule has 0 aromatic heterocycles. The number of nitrogens with one attached hydrogen (secondary N) is 1. The Bertz CT molecular complexity index is 859. The van der Waals surface area contributed by atoms with Gasteiger partial charge in [0.05, 0.1) is 17.7 Å². The Hall–Kier alpha value is -2.29. The van der Waals surface area contributed by atoms with E-state index in [1.54, 1.807) is 0 Å². The standard InChI is InChI=1S/C27H34F3NO/c1-4-5-6-7-8-9-10-11-12-22-13-15-23(16-14-22)21-32-31-26(2,3)24-17-19-25(20-18-24)27(28,29)30/h13-20,31H,4-10,21H2,1-3H3. The number of hydrogen-bond acceptors (Lipinski definition) is 2. The molecule has 2 rings (SSSR count). The highest BCUT2D eigenvalue weighted by molar-refractivity contribution is 5.36. The van der Waals surface area contributed by atoms with E-state index < -0.39 is 17.3 Å². The molecule has 174 valence electrons. The topological polar surface area (TPSA) is 21.3 Å². The fourth-order valence-electron chi connectivity index (χ4n) is 3.28. The normalized spacial score (nSPS) is 11.8. The second-order valence-corrected chi connectivity index (χ2v) is 8.61. The van der Waals surface area contributed by atoms with Gasteiger partial charge in [0, 0.05) is 12.0 Å². The van der Waals surface area contributed by atoms with Gasteiger partial charge in [-0.1, -0.05) is 75.1 Å². The van der Waals surface area contributed by atoms with Crippen LogP contribution >= 0.6 is 0 Å². The van der Waals surface area contributed by atoms with Gasteiger partial charge in [-0.05, 0) is 55.7 Å². The van der Waals surface area contributed by atoms with Gasteiger partial charge in [0.1, 0.15) is 0 Å². The van der Waals surface area contributed by atoms with Crippen LogP contribution < -0.4 is 5.48 Å². The molecule has 0 aliphatic heterocycles. The first-order valence-electron chi connectivity index (χ1n) is 11.4. The molecule has 0 heterocycles. The Kier molecular flexibility index (Phi) is 10.3.